The van der Waals surface area contributed by atoms with E-state index in [2.05, 4.69) is 148 Å². The van der Waals surface area contributed by atoms with Crippen LogP contribution in [0.25, 0.3) is 55.6 Å². The van der Waals surface area contributed by atoms with Crippen molar-refractivity contribution in [1.29, 1.82) is 0 Å². The fraction of sp³-hybridized carbons (Fsp3) is 0.191. The molecule has 0 bridgehead atoms. The van der Waals surface area contributed by atoms with Gasteiger partial charge in [0, 0.05) is 50.5 Å². The molecule has 0 aliphatic carbocycles. The predicted molar refractivity (Wildman–Crippen MR) is 218 cm³/mol. The number of nitrogens with zero attached hydrogens (tertiary/aromatic N) is 2. The maximum Gasteiger partial charge on any atom is 0.141 e. The Labute approximate surface area is 325 Å². The topological polar surface area (TPSA) is 20.9 Å². The Morgan fingerprint density at radius 1 is 0.654 bits per heavy atom. The zero-order chi connectivity index (χ0) is 36.6. The maximum absolute atomic E-state index is 6.48. The quantitative estimate of drug-likeness (QED) is 0.0926. The van der Waals surface area contributed by atoms with E-state index in [4.69, 9.17) is 4.42 Å². The molecule has 4 aromatic carbocycles. The Morgan fingerprint density at radius 3 is 2.00 bits per heavy atom. The van der Waals surface area contributed by atoms with Crippen LogP contribution in [0.3, 0.4) is 0 Å². The molecule has 7 aromatic rings. The van der Waals surface area contributed by atoms with Crippen molar-refractivity contribution in [3.8, 4) is 33.6 Å². The second kappa shape index (κ2) is 15.5. The van der Waals surface area contributed by atoms with Gasteiger partial charge in [-0.2, -0.15) is 37.1 Å². The number of fused-ring (bicyclic) bond motifs is 3. The van der Waals surface area contributed by atoms with Crippen molar-refractivity contribution in [3.05, 3.63) is 166 Å². The molecule has 0 aliphatic rings. The smallest absolute Gasteiger partial charge is 0.141 e. The summed E-state index contributed by atoms with van der Waals surface area (Å²) in [5.41, 5.74) is 13.0. The van der Waals surface area contributed by atoms with Crippen LogP contribution >= 0.6 is 0 Å². The van der Waals surface area contributed by atoms with Gasteiger partial charge in [-0.05, 0) is 22.6 Å². The zero-order valence-corrected chi connectivity index (χ0v) is 35.0. The van der Waals surface area contributed by atoms with Crippen LogP contribution in [0, 0.1) is 40.8 Å². The SMILES string of the molecule is [CH2-]c1cc(C)ccc1-c1cc(C(C)C(C)C)c([Si](C)(C)C)c[n+]1[CH2-].[CH2-]c1ccc2c(oc3c(-c4ccccc4)cccc32)c1-c1cccc[n+]1[CH2-].[Ir]. The summed E-state index contributed by atoms with van der Waals surface area (Å²) < 4.78 is 10.4. The summed E-state index contributed by atoms with van der Waals surface area (Å²) in [6.07, 6.45) is 4.21. The average Bonchev–Trinajstić information content (AvgIpc) is 3.48. The number of hydrogen-bond donors (Lipinski definition) is 0. The van der Waals surface area contributed by atoms with E-state index in [9.17, 15) is 0 Å². The molecule has 0 saturated heterocycles. The molecule has 52 heavy (non-hydrogen) atoms. The van der Waals surface area contributed by atoms with Crippen LogP contribution in [0.15, 0.2) is 120 Å². The molecule has 0 amide bonds. The van der Waals surface area contributed by atoms with E-state index in [1.54, 1.807) is 0 Å². The number of aromatic nitrogens is 2. The number of hydrogen-bond acceptors (Lipinski definition) is 1. The van der Waals surface area contributed by atoms with E-state index in [1.807, 2.05) is 51.7 Å². The molecule has 5 heteroatoms. The van der Waals surface area contributed by atoms with Gasteiger partial charge >= 0.3 is 0 Å². The Bertz CT molecular complexity index is 2350. The van der Waals surface area contributed by atoms with Crippen molar-refractivity contribution < 1.29 is 33.7 Å². The van der Waals surface area contributed by atoms with Gasteiger partial charge in [0.05, 0.1) is 37.4 Å². The van der Waals surface area contributed by atoms with Gasteiger partial charge in [-0.25, -0.2) is 0 Å². The van der Waals surface area contributed by atoms with Gasteiger partial charge in [0.15, 0.2) is 0 Å². The van der Waals surface area contributed by atoms with E-state index in [0.29, 0.717) is 11.8 Å². The normalized spacial score (nSPS) is 12.0. The maximum atomic E-state index is 6.48. The zero-order valence-electron chi connectivity index (χ0n) is 31.6. The molecule has 3 aromatic heterocycles. The van der Waals surface area contributed by atoms with Crippen molar-refractivity contribution in [1.82, 2.24) is 0 Å². The molecule has 0 spiro atoms. The first-order chi connectivity index (χ1) is 24.3. The van der Waals surface area contributed by atoms with Crippen molar-refractivity contribution >= 4 is 35.2 Å². The first-order valence-corrected chi connectivity index (χ1v) is 21.3. The molecule has 1 atom stereocenters. The van der Waals surface area contributed by atoms with E-state index in [1.165, 1.54) is 21.9 Å². The van der Waals surface area contributed by atoms with E-state index in [-0.39, 0.29) is 20.1 Å². The first-order valence-electron chi connectivity index (χ1n) is 17.8. The molecule has 269 valence electrons. The summed E-state index contributed by atoms with van der Waals surface area (Å²) in [4.78, 5) is 0. The van der Waals surface area contributed by atoms with Crippen LogP contribution in [0.5, 0.6) is 0 Å². The summed E-state index contributed by atoms with van der Waals surface area (Å²) in [5, 5.41) is 3.72. The van der Waals surface area contributed by atoms with E-state index < -0.39 is 8.07 Å². The minimum atomic E-state index is -1.44. The third-order valence-corrected chi connectivity index (χ3v) is 12.1. The molecule has 7 rings (SSSR count). The number of pyridine rings is 2. The number of rotatable bonds is 6. The van der Waals surface area contributed by atoms with Crippen LogP contribution in [0.4, 0.5) is 0 Å². The number of benzene rings is 4. The third-order valence-electron chi connectivity index (χ3n) is 10.1. The van der Waals surface area contributed by atoms with Crippen LogP contribution in [-0.2, 0) is 20.1 Å². The molecular formula is C47H50IrN2OSi-2. The Morgan fingerprint density at radius 2 is 1.35 bits per heavy atom. The molecule has 0 saturated carbocycles. The van der Waals surface area contributed by atoms with Gasteiger partial charge in [-0.3, -0.25) is 0 Å². The van der Waals surface area contributed by atoms with Crippen molar-refractivity contribution in [2.45, 2.75) is 53.3 Å². The summed E-state index contributed by atoms with van der Waals surface area (Å²) in [6.45, 7) is 24.8. The second-order valence-corrected chi connectivity index (χ2v) is 20.2. The third kappa shape index (κ3) is 7.59. The first kappa shape index (κ1) is 38.6. The van der Waals surface area contributed by atoms with Gasteiger partial charge in [0.1, 0.15) is 5.58 Å². The molecule has 3 nitrogen and oxygen atoms in total. The van der Waals surface area contributed by atoms with E-state index >= 15 is 0 Å². The predicted octanol–water partition coefficient (Wildman–Crippen LogP) is 11.1. The van der Waals surface area contributed by atoms with Gasteiger partial charge in [0.2, 0.25) is 0 Å². The van der Waals surface area contributed by atoms with Crippen molar-refractivity contribution in [2.75, 3.05) is 0 Å². The van der Waals surface area contributed by atoms with E-state index in [0.717, 1.165) is 61.1 Å². The summed E-state index contributed by atoms with van der Waals surface area (Å²) in [5.74, 6) is 1.15. The number of furan rings is 1. The van der Waals surface area contributed by atoms with Crippen LogP contribution < -0.4 is 14.3 Å². The Kier molecular flexibility index (Phi) is 11.5. The van der Waals surface area contributed by atoms with Crippen molar-refractivity contribution in [3.63, 3.8) is 0 Å². The fourth-order valence-corrected chi connectivity index (χ4v) is 8.62. The molecule has 1 radical (unpaired) electrons. The number of aryl methyl sites for hydroxylation is 1. The van der Waals surface area contributed by atoms with Crippen molar-refractivity contribution in [2.24, 2.45) is 5.92 Å². The fourth-order valence-electron chi connectivity index (χ4n) is 6.91. The molecule has 1 unspecified atom stereocenters. The summed E-state index contributed by atoms with van der Waals surface area (Å²) in [7, 11) is 6.96. The molecular weight excluding hydrogens is 829 g/mol. The van der Waals surface area contributed by atoms with Crippen LogP contribution in [0.2, 0.25) is 19.6 Å². The van der Waals surface area contributed by atoms with Gasteiger partial charge in [0.25, 0.3) is 0 Å². The standard InChI is InChI=1S/C25H18NO.C22H32NSi.Ir/c1-17-14-15-21-20-12-8-11-19(18-9-4-3-5-10-18)24(20)27-25(21)23(17)22-13-6-7-16-26(22)2;1-15(2)18(5)20-13-21(19-11-10-16(3)12-17(19)4)23(6)14-22(20)24(7,8)9;/h3-16H,1-2H2;10-15,18H,4,6H2,1-3,5,7-9H3;/q2*-1;. The largest absolute Gasteiger partial charge is 0.469 e. The Balaban J connectivity index is 0.000000199. The molecule has 0 fully saturated rings. The Hall–Kier alpha value is -4.67. The van der Waals surface area contributed by atoms with Gasteiger partial charge < -0.3 is 13.6 Å². The van der Waals surface area contributed by atoms with Crippen LogP contribution in [-0.4, -0.2) is 8.07 Å². The van der Waals surface area contributed by atoms with Gasteiger partial charge in [-0.15, -0.1) is 23.3 Å². The monoisotopic (exact) mass is 879 g/mol. The molecule has 3 heterocycles. The minimum absolute atomic E-state index is 0. The van der Waals surface area contributed by atoms with Gasteiger partial charge in [-0.1, -0.05) is 137 Å². The second-order valence-electron chi connectivity index (χ2n) is 15.1. The summed E-state index contributed by atoms with van der Waals surface area (Å²) >= 11 is 0. The van der Waals surface area contributed by atoms with Crippen LogP contribution in [0.1, 0.15) is 48.9 Å². The summed E-state index contributed by atoms with van der Waals surface area (Å²) in [6, 6.07) is 35.6. The molecule has 0 aliphatic heterocycles. The average molecular weight is 879 g/mol. The number of para-hydroxylation sites is 1. The minimum Gasteiger partial charge on any atom is -0.469 e. The molecule has 0 N–H and O–H groups in total.